The minimum Gasteiger partial charge on any atom is -0.467 e. The van der Waals surface area contributed by atoms with Gasteiger partial charge in [0.25, 0.3) is 10.0 Å². The molecule has 30 heavy (non-hydrogen) atoms. The molecule has 4 rings (SSSR count). The normalized spacial score (nSPS) is 24.9. The molecule has 158 valence electrons. The van der Waals surface area contributed by atoms with E-state index < -0.39 is 38.6 Å². The fourth-order valence-electron chi connectivity index (χ4n) is 4.21. The lowest BCUT2D eigenvalue weighted by Gasteiger charge is -2.35. The number of esters is 1. The average Bonchev–Trinajstić information content (AvgIpc) is 3.20. The van der Waals surface area contributed by atoms with Gasteiger partial charge in [-0.3, -0.25) is 4.90 Å². The van der Waals surface area contributed by atoms with Crippen LogP contribution in [0.15, 0.2) is 59.5 Å². The number of nitrogens with zero attached hydrogens (tertiary/aromatic N) is 2. The SMILES string of the molecule is COC(=O)C1C[C@]2(Br)c3ccccc3N(S(=O)(=O)c3ccccc3)C2N1C(=O)OC. The molecule has 2 aromatic carbocycles. The molecule has 0 aromatic heterocycles. The molecule has 0 N–H and O–H groups in total. The second-order valence-corrected chi connectivity index (χ2v) is 10.2. The third-order valence-corrected chi connectivity index (χ3v) is 8.41. The van der Waals surface area contributed by atoms with E-state index in [9.17, 15) is 18.0 Å². The summed E-state index contributed by atoms with van der Waals surface area (Å²) in [6.45, 7) is 0. The Morgan fingerprint density at radius 1 is 1.03 bits per heavy atom. The molecule has 0 bridgehead atoms. The smallest absolute Gasteiger partial charge is 0.411 e. The molecule has 2 aromatic rings. The van der Waals surface area contributed by atoms with Crippen LogP contribution in [0.1, 0.15) is 12.0 Å². The third-order valence-electron chi connectivity index (χ3n) is 5.47. The maximum Gasteiger partial charge on any atom is 0.411 e. The van der Waals surface area contributed by atoms with Crippen molar-refractivity contribution >= 4 is 43.7 Å². The van der Waals surface area contributed by atoms with Gasteiger partial charge < -0.3 is 9.47 Å². The molecule has 8 nitrogen and oxygen atoms in total. The standard InChI is InChI=1S/C20H19BrN2O6S/c1-28-17(24)16-12-20(21)14-10-6-7-11-15(14)23(18(20)22(16)19(25)29-2)30(26,27)13-8-4-3-5-9-13/h3-11,16,18H,12H2,1-2H3/t16?,18?,20-/m0/s1. The number of carbonyl (C=O) groups excluding carboxylic acids is 2. The molecule has 0 radical (unpaired) electrons. The number of hydrogen-bond acceptors (Lipinski definition) is 6. The summed E-state index contributed by atoms with van der Waals surface area (Å²) in [5, 5.41) is 0. The fraction of sp³-hybridized carbons (Fsp3) is 0.300. The summed E-state index contributed by atoms with van der Waals surface area (Å²) in [6.07, 6.45) is -1.76. The number of hydrogen-bond donors (Lipinski definition) is 0. The van der Waals surface area contributed by atoms with Crippen molar-refractivity contribution in [3.63, 3.8) is 0 Å². The molecule has 1 amide bonds. The van der Waals surface area contributed by atoms with E-state index in [1.54, 1.807) is 42.5 Å². The highest BCUT2D eigenvalue weighted by Crippen LogP contribution is 2.59. The summed E-state index contributed by atoms with van der Waals surface area (Å²) in [5.74, 6) is -0.650. The summed E-state index contributed by atoms with van der Waals surface area (Å²) in [7, 11) is -1.67. The number of para-hydroxylation sites is 1. The number of fused-ring (bicyclic) bond motifs is 3. The van der Waals surface area contributed by atoms with E-state index in [4.69, 9.17) is 9.47 Å². The number of sulfonamides is 1. The molecule has 0 spiro atoms. The molecule has 1 saturated heterocycles. The van der Waals surface area contributed by atoms with Gasteiger partial charge in [-0.25, -0.2) is 22.3 Å². The third kappa shape index (κ3) is 2.81. The van der Waals surface area contributed by atoms with Gasteiger partial charge in [0, 0.05) is 6.42 Å². The van der Waals surface area contributed by atoms with Crippen molar-refractivity contribution in [1.29, 1.82) is 0 Å². The molecule has 2 heterocycles. The highest BCUT2D eigenvalue weighted by molar-refractivity contribution is 9.09. The molecular weight excluding hydrogens is 476 g/mol. The van der Waals surface area contributed by atoms with Crippen LogP contribution in [0.4, 0.5) is 10.5 Å². The van der Waals surface area contributed by atoms with E-state index in [-0.39, 0.29) is 11.3 Å². The Kier molecular flexibility index (Phi) is 5.01. The average molecular weight is 495 g/mol. The van der Waals surface area contributed by atoms with E-state index in [1.807, 2.05) is 0 Å². The van der Waals surface area contributed by atoms with Gasteiger partial charge in [-0.15, -0.1) is 0 Å². The summed E-state index contributed by atoms with van der Waals surface area (Å²) >= 11 is 3.69. The zero-order valence-electron chi connectivity index (χ0n) is 16.2. The number of ether oxygens (including phenoxy) is 2. The zero-order valence-corrected chi connectivity index (χ0v) is 18.6. The second-order valence-electron chi connectivity index (χ2n) is 6.99. The van der Waals surface area contributed by atoms with Crippen molar-refractivity contribution in [2.24, 2.45) is 0 Å². The van der Waals surface area contributed by atoms with E-state index in [2.05, 4.69) is 15.9 Å². The Balaban J connectivity index is 1.96. The summed E-state index contributed by atoms with van der Waals surface area (Å²) in [6, 6.07) is 13.9. The van der Waals surface area contributed by atoms with Crippen LogP contribution in [0, 0.1) is 0 Å². The van der Waals surface area contributed by atoms with Crippen LogP contribution in [-0.2, 0) is 28.6 Å². The maximum absolute atomic E-state index is 13.7. The van der Waals surface area contributed by atoms with Gasteiger partial charge in [-0.2, -0.15) is 0 Å². The number of halogens is 1. The van der Waals surface area contributed by atoms with Crippen LogP contribution >= 0.6 is 15.9 Å². The Labute approximate surface area is 182 Å². The van der Waals surface area contributed by atoms with Gasteiger partial charge in [0.05, 0.1) is 29.1 Å². The zero-order chi connectivity index (χ0) is 21.7. The predicted octanol–water partition coefficient (Wildman–Crippen LogP) is 2.83. The van der Waals surface area contributed by atoms with Gasteiger partial charge in [0.15, 0.2) is 0 Å². The molecule has 0 saturated carbocycles. The van der Waals surface area contributed by atoms with Crippen LogP contribution in [0.5, 0.6) is 0 Å². The topological polar surface area (TPSA) is 93.2 Å². The number of anilines is 1. The molecular formula is C20H19BrN2O6S. The van der Waals surface area contributed by atoms with Crippen LogP contribution in [0.3, 0.4) is 0 Å². The van der Waals surface area contributed by atoms with Crippen LogP contribution in [0.2, 0.25) is 0 Å². The minimum atomic E-state index is -4.07. The van der Waals surface area contributed by atoms with Crippen molar-refractivity contribution in [3.05, 3.63) is 60.2 Å². The van der Waals surface area contributed by atoms with Crippen LogP contribution < -0.4 is 4.31 Å². The van der Waals surface area contributed by atoms with Crippen LogP contribution in [0.25, 0.3) is 0 Å². The van der Waals surface area contributed by atoms with Gasteiger partial charge in [0.1, 0.15) is 12.2 Å². The van der Waals surface area contributed by atoms with Crippen molar-refractivity contribution in [2.75, 3.05) is 18.5 Å². The Hall–Kier alpha value is -2.59. The van der Waals surface area contributed by atoms with Gasteiger partial charge in [-0.05, 0) is 23.8 Å². The Morgan fingerprint density at radius 2 is 1.67 bits per heavy atom. The number of rotatable bonds is 3. The first-order chi connectivity index (χ1) is 14.3. The minimum absolute atomic E-state index is 0.0721. The molecule has 3 atom stereocenters. The lowest BCUT2D eigenvalue weighted by molar-refractivity contribution is -0.145. The van der Waals surface area contributed by atoms with Crippen molar-refractivity contribution < 1.29 is 27.5 Å². The molecule has 10 heteroatoms. The first-order valence-corrected chi connectivity index (χ1v) is 11.3. The molecule has 2 unspecified atom stereocenters. The number of alkyl halides is 1. The molecule has 2 aliphatic rings. The summed E-state index contributed by atoms with van der Waals surface area (Å²) in [5.41, 5.74) is 1.09. The van der Waals surface area contributed by atoms with Crippen molar-refractivity contribution in [2.45, 2.75) is 27.8 Å². The first-order valence-electron chi connectivity index (χ1n) is 9.09. The summed E-state index contributed by atoms with van der Waals surface area (Å²) < 4.78 is 37.4. The number of likely N-dealkylation sites (tertiary alicyclic amines) is 1. The fourth-order valence-corrected chi connectivity index (χ4v) is 7.10. The predicted molar refractivity (Wildman–Crippen MR) is 112 cm³/mol. The summed E-state index contributed by atoms with van der Waals surface area (Å²) in [4.78, 5) is 26.5. The largest absolute Gasteiger partial charge is 0.467 e. The molecule has 1 fully saturated rings. The number of methoxy groups -OCH3 is 2. The van der Waals surface area contributed by atoms with E-state index >= 15 is 0 Å². The Bertz CT molecular complexity index is 1110. The maximum atomic E-state index is 13.7. The van der Waals surface area contributed by atoms with E-state index in [0.717, 1.165) is 4.90 Å². The van der Waals surface area contributed by atoms with Crippen LogP contribution in [-0.4, -0.2) is 51.8 Å². The number of carbonyl (C=O) groups is 2. The Morgan fingerprint density at radius 3 is 2.30 bits per heavy atom. The lowest BCUT2D eigenvalue weighted by Crippen LogP contribution is -2.55. The monoisotopic (exact) mass is 494 g/mol. The van der Waals surface area contributed by atoms with E-state index in [1.165, 1.54) is 30.7 Å². The second kappa shape index (κ2) is 7.28. The quantitative estimate of drug-likeness (QED) is 0.481. The molecule has 0 aliphatic carbocycles. The molecule has 2 aliphatic heterocycles. The van der Waals surface area contributed by atoms with Gasteiger partial charge >= 0.3 is 12.1 Å². The highest BCUT2D eigenvalue weighted by atomic mass is 79.9. The number of benzene rings is 2. The highest BCUT2D eigenvalue weighted by Gasteiger charge is 2.65. The van der Waals surface area contributed by atoms with E-state index in [0.29, 0.717) is 11.3 Å². The van der Waals surface area contributed by atoms with Gasteiger partial charge in [0.2, 0.25) is 0 Å². The lowest BCUT2D eigenvalue weighted by atomic mass is 9.96. The van der Waals surface area contributed by atoms with Crippen molar-refractivity contribution in [1.82, 2.24) is 4.90 Å². The first kappa shape index (κ1) is 20.7. The number of amides is 1. The van der Waals surface area contributed by atoms with Crippen molar-refractivity contribution in [3.8, 4) is 0 Å². The van der Waals surface area contributed by atoms with Gasteiger partial charge in [-0.1, -0.05) is 52.3 Å².